The Balaban J connectivity index is 2.61. The summed E-state index contributed by atoms with van der Waals surface area (Å²) in [6, 6.07) is 1.86. The molecule has 0 aliphatic carbocycles. The minimum atomic E-state index is -0.660. The minimum Gasteiger partial charge on any atom is -0.388 e. The maximum Gasteiger partial charge on any atom is 0.231 e. The maximum atomic E-state index is 11.8. The Bertz CT molecular complexity index is 546. The molecule has 0 bridgehead atoms. The zero-order valence-corrected chi connectivity index (χ0v) is 12.7. The zero-order chi connectivity index (χ0) is 14.5. The predicted octanol–water partition coefficient (Wildman–Crippen LogP) is 3.78. The van der Waals surface area contributed by atoms with Crippen LogP contribution in [0.5, 0.6) is 0 Å². The summed E-state index contributed by atoms with van der Waals surface area (Å²) in [5, 5.41) is 13.8. The number of fused-ring (bicyclic) bond motifs is 1. The first-order chi connectivity index (χ1) is 8.64. The van der Waals surface area contributed by atoms with Gasteiger partial charge in [-0.3, -0.25) is 4.79 Å². The summed E-state index contributed by atoms with van der Waals surface area (Å²) in [6.45, 7) is 9.62. The molecule has 3 nitrogen and oxygen atoms in total. The van der Waals surface area contributed by atoms with Gasteiger partial charge in [-0.25, -0.2) is 0 Å². The van der Waals surface area contributed by atoms with E-state index in [1.807, 2.05) is 40.7 Å². The Labute approximate surface area is 119 Å². The highest BCUT2D eigenvalue weighted by molar-refractivity contribution is 6.33. The van der Waals surface area contributed by atoms with Crippen molar-refractivity contribution in [3.8, 4) is 0 Å². The molecule has 1 aliphatic rings. The van der Waals surface area contributed by atoms with Crippen LogP contribution in [-0.2, 0) is 4.79 Å². The second-order valence-electron chi connectivity index (χ2n) is 6.35. The molecule has 4 heteroatoms. The van der Waals surface area contributed by atoms with Gasteiger partial charge in [0.2, 0.25) is 5.91 Å². The Hall–Kier alpha value is -1.06. The van der Waals surface area contributed by atoms with E-state index in [2.05, 4.69) is 5.32 Å². The molecule has 0 fully saturated rings. The van der Waals surface area contributed by atoms with E-state index in [-0.39, 0.29) is 17.2 Å². The number of benzene rings is 1. The Morgan fingerprint density at radius 3 is 2.53 bits per heavy atom. The van der Waals surface area contributed by atoms with Crippen LogP contribution in [0.1, 0.15) is 56.4 Å². The molecule has 0 radical (unpaired) electrons. The van der Waals surface area contributed by atoms with E-state index in [9.17, 15) is 9.90 Å². The molecular weight excluding hydrogens is 262 g/mol. The van der Waals surface area contributed by atoms with E-state index in [0.717, 1.165) is 16.8 Å². The summed E-state index contributed by atoms with van der Waals surface area (Å²) in [4.78, 5) is 11.8. The molecule has 1 amide bonds. The molecule has 2 rings (SSSR count). The molecule has 1 aromatic rings. The van der Waals surface area contributed by atoms with Gasteiger partial charge in [0.05, 0.1) is 17.0 Å². The molecule has 19 heavy (non-hydrogen) atoms. The average molecular weight is 282 g/mol. The first kappa shape index (κ1) is 14.4. The molecule has 0 spiro atoms. The number of aliphatic hydroxyl groups is 1. The summed E-state index contributed by atoms with van der Waals surface area (Å²) in [6.07, 6.45) is -0.660. The van der Waals surface area contributed by atoms with Crippen LogP contribution in [0.25, 0.3) is 0 Å². The highest BCUT2D eigenvalue weighted by atomic mass is 35.5. The largest absolute Gasteiger partial charge is 0.388 e. The van der Waals surface area contributed by atoms with Gasteiger partial charge in [-0.15, -0.1) is 0 Å². The van der Waals surface area contributed by atoms with E-state index in [0.29, 0.717) is 10.6 Å². The highest BCUT2D eigenvalue weighted by Crippen LogP contribution is 2.44. The number of amides is 1. The smallest absolute Gasteiger partial charge is 0.231 e. The summed E-state index contributed by atoms with van der Waals surface area (Å²) < 4.78 is 0. The van der Waals surface area contributed by atoms with E-state index in [4.69, 9.17) is 11.6 Å². The second-order valence-corrected chi connectivity index (χ2v) is 6.73. The lowest BCUT2D eigenvalue weighted by molar-refractivity contribution is -0.116. The average Bonchev–Trinajstić information content (AvgIpc) is 2.59. The first-order valence-electron chi connectivity index (χ1n) is 6.46. The van der Waals surface area contributed by atoms with E-state index in [1.54, 1.807) is 0 Å². The van der Waals surface area contributed by atoms with Crippen LogP contribution in [0, 0.1) is 12.3 Å². The number of rotatable bonds is 1. The zero-order valence-electron chi connectivity index (χ0n) is 12.0. The number of anilines is 1. The quantitative estimate of drug-likeness (QED) is 0.823. The van der Waals surface area contributed by atoms with Gasteiger partial charge >= 0.3 is 0 Å². The van der Waals surface area contributed by atoms with Crippen molar-refractivity contribution in [2.75, 3.05) is 5.32 Å². The monoisotopic (exact) mass is 281 g/mol. The summed E-state index contributed by atoms with van der Waals surface area (Å²) in [7, 11) is 0. The molecule has 1 aromatic carbocycles. The fraction of sp³-hybridized carbons (Fsp3) is 0.533. The lowest BCUT2D eigenvalue weighted by Crippen LogP contribution is -2.18. The van der Waals surface area contributed by atoms with Crippen LogP contribution in [0.3, 0.4) is 0 Å². The Morgan fingerprint density at radius 1 is 1.42 bits per heavy atom. The van der Waals surface area contributed by atoms with Crippen LogP contribution in [0.2, 0.25) is 5.02 Å². The van der Waals surface area contributed by atoms with Crippen molar-refractivity contribution in [3.63, 3.8) is 0 Å². The molecule has 1 aliphatic heterocycles. The maximum absolute atomic E-state index is 11.8. The number of hydrogen-bond acceptors (Lipinski definition) is 2. The predicted molar refractivity (Wildman–Crippen MR) is 77.6 cm³/mol. The van der Waals surface area contributed by atoms with Crippen molar-refractivity contribution in [2.24, 2.45) is 5.41 Å². The van der Waals surface area contributed by atoms with Crippen molar-refractivity contribution >= 4 is 23.2 Å². The number of aliphatic hydroxyl groups excluding tert-OH is 1. The fourth-order valence-electron chi connectivity index (χ4n) is 2.39. The van der Waals surface area contributed by atoms with Gasteiger partial charge in [-0.1, -0.05) is 32.4 Å². The third kappa shape index (κ3) is 2.26. The highest BCUT2D eigenvalue weighted by Gasteiger charge is 2.33. The number of nitrogens with one attached hydrogen (secondary N) is 1. The van der Waals surface area contributed by atoms with Crippen LogP contribution in [0.4, 0.5) is 5.69 Å². The van der Waals surface area contributed by atoms with Crippen LogP contribution < -0.4 is 5.32 Å². The van der Waals surface area contributed by atoms with Crippen molar-refractivity contribution in [3.05, 3.63) is 27.8 Å². The third-order valence-corrected chi connectivity index (χ3v) is 4.28. The molecule has 1 heterocycles. The third-order valence-electron chi connectivity index (χ3n) is 3.78. The summed E-state index contributed by atoms with van der Waals surface area (Å²) in [5.41, 5.74) is 2.95. The summed E-state index contributed by atoms with van der Waals surface area (Å²) >= 11 is 6.36. The fourth-order valence-corrected chi connectivity index (χ4v) is 2.64. The van der Waals surface area contributed by atoms with Crippen LogP contribution in [0.15, 0.2) is 6.07 Å². The van der Waals surface area contributed by atoms with Crippen molar-refractivity contribution in [1.82, 2.24) is 0 Å². The molecule has 2 N–H and O–H groups in total. The molecule has 0 saturated heterocycles. The van der Waals surface area contributed by atoms with Gasteiger partial charge in [0.1, 0.15) is 0 Å². The van der Waals surface area contributed by atoms with Crippen molar-refractivity contribution in [1.29, 1.82) is 0 Å². The van der Waals surface area contributed by atoms with Crippen molar-refractivity contribution < 1.29 is 9.90 Å². The lowest BCUT2D eigenvalue weighted by atomic mass is 9.83. The molecule has 2 atom stereocenters. The normalized spacial score (nSPS) is 20.2. The van der Waals surface area contributed by atoms with Gasteiger partial charge in [-0.05, 0) is 36.5 Å². The second kappa shape index (κ2) is 4.50. The number of hydrogen-bond donors (Lipinski definition) is 2. The molecular formula is C15H20ClNO2. The van der Waals surface area contributed by atoms with Gasteiger partial charge in [0.15, 0.2) is 0 Å². The Kier molecular flexibility index (Phi) is 3.40. The van der Waals surface area contributed by atoms with Gasteiger partial charge in [0, 0.05) is 11.3 Å². The molecule has 2 unspecified atom stereocenters. The molecule has 0 saturated carbocycles. The lowest BCUT2D eigenvalue weighted by Gasteiger charge is -2.28. The van der Waals surface area contributed by atoms with E-state index in [1.165, 1.54) is 0 Å². The molecule has 104 valence electrons. The first-order valence-corrected chi connectivity index (χ1v) is 6.84. The summed E-state index contributed by atoms with van der Waals surface area (Å²) in [5.74, 6) is -0.214. The number of carbonyl (C=O) groups is 1. The molecule has 0 aromatic heterocycles. The number of carbonyl (C=O) groups excluding carboxylic acids is 1. The van der Waals surface area contributed by atoms with Gasteiger partial charge < -0.3 is 10.4 Å². The van der Waals surface area contributed by atoms with Gasteiger partial charge in [0.25, 0.3) is 0 Å². The number of halogens is 1. The van der Waals surface area contributed by atoms with Crippen LogP contribution >= 0.6 is 11.6 Å². The SMILES string of the molecule is Cc1c(Cl)c(C(O)C(C)(C)C)cc2c1NC(=O)C2C. The van der Waals surface area contributed by atoms with Crippen molar-refractivity contribution in [2.45, 2.75) is 46.6 Å². The Morgan fingerprint density at radius 2 is 2.00 bits per heavy atom. The van der Waals surface area contributed by atoms with E-state index >= 15 is 0 Å². The minimum absolute atomic E-state index is 0.0171. The standard InChI is InChI=1S/C15H20ClNO2/c1-7-9-6-10(13(18)15(3,4)5)11(16)8(2)12(9)17-14(7)19/h6-7,13,18H,1-5H3,(H,17,19). The van der Waals surface area contributed by atoms with Gasteiger partial charge in [-0.2, -0.15) is 0 Å². The van der Waals surface area contributed by atoms with E-state index < -0.39 is 6.10 Å². The van der Waals surface area contributed by atoms with Crippen LogP contribution in [-0.4, -0.2) is 11.0 Å². The topological polar surface area (TPSA) is 49.3 Å².